The van der Waals surface area contributed by atoms with Gasteiger partial charge < -0.3 is 24.3 Å². The van der Waals surface area contributed by atoms with Gasteiger partial charge in [0.1, 0.15) is 5.75 Å². The molecule has 2 rings (SSSR count). The largest absolute Gasteiger partial charge is 0.494 e. The molecule has 0 aliphatic heterocycles. The molecule has 1 atom stereocenters. The first-order valence-corrected chi connectivity index (χ1v) is 11.1. The van der Waals surface area contributed by atoms with Gasteiger partial charge in [0.15, 0.2) is 0 Å². The number of nitrogens with one attached hydrogen (secondary N) is 1. The molecule has 1 aromatic carbocycles. The normalized spacial score (nSPS) is 18.0. The fourth-order valence-electron chi connectivity index (χ4n) is 2.76. The van der Waals surface area contributed by atoms with Crippen LogP contribution in [-0.4, -0.2) is 31.7 Å². The Balaban J connectivity index is 2.14. The Kier molecular flexibility index (Phi) is 6.26. The Morgan fingerprint density at radius 2 is 1.92 bits per heavy atom. The van der Waals surface area contributed by atoms with Gasteiger partial charge >= 0.3 is 15.2 Å². The van der Waals surface area contributed by atoms with Gasteiger partial charge in [-0.15, -0.1) is 0 Å². The van der Waals surface area contributed by atoms with Crippen molar-refractivity contribution < 1.29 is 33.4 Å². The summed E-state index contributed by atoms with van der Waals surface area (Å²) in [6, 6.07) is 4.89. The van der Waals surface area contributed by atoms with E-state index in [0.29, 0.717) is 19.4 Å². The molecule has 5 N–H and O–H groups in total. The first-order chi connectivity index (χ1) is 11.1. The lowest BCUT2D eigenvalue weighted by atomic mass is 10.1. The number of unbranched alkanes of at least 4 members (excludes halogenated alkanes) is 1. The van der Waals surface area contributed by atoms with Crippen molar-refractivity contribution in [2.75, 3.05) is 6.61 Å². The molecule has 1 aliphatic carbocycles. The Morgan fingerprint density at radius 1 is 1.25 bits per heavy atom. The molecule has 1 aromatic rings. The summed E-state index contributed by atoms with van der Waals surface area (Å²) in [4.78, 5) is 36.9. The van der Waals surface area contributed by atoms with Gasteiger partial charge in [-0.3, -0.25) is 14.4 Å². The topological polar surface area (TPSA) is 136 Å². The van der Waals surface area contributed by atoms with Crippen molar-refractivity contribution in [3.63, 3.8) is 0 Å². The number of aryl methyl sites for hydroxylation is 1. The van der Waals surface area contributed by atoms with Crippen LogP contribution in [0.2, 0.25) is 0 Å². The molecule has 24 heavy (non-hydrogen) atoms. The Labute approximate surface area is 140 Å². The van der Waals surface area contributed by atoms with Crippen LogP contribution in [0.4, 0.5) is 0 Å². The van der Waals surface area contributed by atoms with E-state index < -0.39 is 26.8 Å². The lowest BCUT2D eigenvalue weighted by Gasteiger charge is -2.25. The monoisotopic (exact) mass is 379 g/mol. The maximum Gasteiger partial charge on any atom is 0.354 e. The maximum absolute atomic E-state index is 11.4. The van der Waals surface area contributed by atoms with E-state index in [0.717, 1.165) is 29.7 Å². The molecule has 1 aliphatic rings. The molecule has 136 valence electrons. The first-order valence-electron chi connectivity index (χ1n) is 7.75. The van der Waals surface area contributed by atoms with Crippen LogP contribution in [-0.2, 0) is 15.6 Å². The van der Waals surface area contributed by atoms with Crippen LogP contribution in [0.25, 0.3) is 0 Å². The van der Waals surface area contributed by atoms with Crippen LogP contribution in [0.3, 0.4) is 0 Å². The molecule has 0 radical (unpaired) electrons. The van der Waals surface area contributed by atoms with E-state index in [1.807, 2.05) is 6.07 Å². The van der Waals surface area contributed by atoms with Crippen molar-refractivity contribution in [3.05, 3.63) is 29.3 Å². The second-order valence-corrected chi connectivity index (χ2v) is 9.67. The highest BCUT2D eigenvalue weighted by Crippen LogP contribution is 2.59. The van der Waals surface area contributed by atoms with Crippen LogP contribution < -0.4 is 10.1 Å². The Bertz CT molecular complexity index is 647. The van der Waals surface area contributed by atoms with Crippen LogP contribution in [0.1, 0.15) is 43.4 Å². The second kappa shape index (κ2) is 7.67. The van der Waals surface area contributed by atoms with E-state index in [-0.39, 0.29) is 0 Å². The summed E-state index contributed by atoms with van der Waals surface area (Å²) < 4.78 is 28.4. The molecule has 0 heterocycles. The number of hydrogen-bond acceptors (Lipinski definition) is 4. The van der Waals surface area contributed by atoms with Crippen molar-refractivity contribution in [2.24, 2.45) is 0 Å². The van der Waals surface area contributed by atoms with E-state index in [1.165, 1.54) is 0 Å². The van der Waals surface area contributed by atoms with Gasteiger partial charge in [-0.2, -0.15) is 0 Å². The quantitative estimate of drug-likeness (QED) is 0.342. The average Bonchev–Trinajstić information content (AvgIpc) is 2.85. The Morgan fingerprint density at radius 3 is 2.50 bits per heavy atom. The SMILES string of the molecule is CCCCOc1ccc2c(c1)CCC2NC(P(=O)(O)O)P(=O)(O)O. The minimum atomic E-state index is -4.99. The lowest BCUT2D eigenvalue weighted by molar-refractivity contribution is 0.309. The van der Waals surface area contributed by atoms with Gasteiger partial charge in [-0.1, -0.05) is 19.4 Å². The van der Waals surface area contributed by atoms with Crippen LogP contribution >= 0.6 is 15.2 Å². The molecule has 0 fully saturated rings. The fourth-order valence-corrected chi connectivity index (χ4v) is 5.08. The predicted molar refractivity (Wildman–Crippen MR) is 88.9 cm³/mol. The summed E-state index contributed by atoms with van der Waals surface area (Å²) in [5.41, 5.74) is -0.456. The van der Waals surface area contributed by atoms with Crippen molar-refractivity contribution >= 4 is 15.2 Å². The van der Waals surface area contributed by atoms with Crippen molar-refractivity contribution in [2.45, 2.75) is 44.2 Å². The minimum Gasteiger partial charge on any atom is -0.494 e. The molecule has 0 amide bonds. The summed E-state index contributed by atoms with van der Waals surface area (Å²) in [6.07, 6.45) is 3.13. The predicted octanol–water partition coefficient (Wildman–Crippen LogP) is 2.08. The van der Waals surface area contributed by atoms with Crippen molar-refractivity contribution in [1.29, 1.82) is 0 Å². The first kappa shape index (κ1) is 19.6. The highest BCUT2D eigenvalue weighted by Gasteiger charge is 2.45. The third kappa shape index (κ3) is 4.90. The number of fused-ring (bicyclic) bond motifs is 1. The molecular weight excluding hydrogens is 356 g/mol. The minimum absolute atomic E-state index is 0.504. The molecule has 0 saturated heterocycles. The van der Waals surface area contributed by atoms with E-state index in [4.69, 9.17) is 4.74 Å². The highest BCUT2D eigenvalue weighted by molar-refractivity contribution is 7.70. The molecule has 1 unspecified atom stereocenters. The molecular formula is C14H23NO7P2. The van der Waals surface area contributed by atoms with Crippen LogP contribution in [0.5, 0.6) is 5.75 Å². The van der Waals surface area contributed by atoms with Gasteiger partial charge in [0.2, 0.25) is 5.52 Å². The summed E-state index contributed by atoms with van der Waals surface area (Å²) in [7, 11) is -9.98. The molecule has 0 bridgehead atoms. The van der Waals surface area contributed by atoms with Gasteiger partial charge in [0.05, 0.1) is 6.61 Å². The molecule has 8 nitrogen and oxygen atoms in total. The third-order valence-electron chi connectivity index (χ3n) is 3.95. The summed E-state index contributed by atoms with van der Waals surface area (Å²) >= 11 is 0. The zero-order chi connectivity index (χ0) is 18.0. The van der Waals surface area contributed by atoms with E-state index in [2.05, 4.69) is 12.2 Å². The number of ether oxygens (including phenoxy) is 1. The maximum atomic E-state index is 11.4. The molecule has 0 aromatic heterocycles. The summed E-state index contributed by atoms with van der Waals surface area (Å²) in [5, 5.41) is 2.46. The van der Waals surface area contributed by atoms with Gasteiger partial charge in [-0.25, -0.2) is 0 Å². The average molecular weight is 379 g/mol. The van der Waals surface area contributed by atoms with Crippen LogP contribution in [0.15, 0.2) is 18.2 Å². The van der Waals surface area contributed by atoms with E-state index in [9.17, 15) is 28.7 Å². The summed E-state index contributed by atoms with van der Waals surface area (Å²) in [5.74, 6) is 0.726. The lowest BCUT2D eigenvalue weighted by Crippen LogP contribution is -2.31. The Hall–Kier alpha value is -0.720. The zero-order valence-corrected chi connectivity index (χ0v) is 15.1. The van der Waals surface area contributed by atoms with Gasteiger partial charge in [0, 0.05) is 6.04 Å². The molecule has 0 spiro atoms. The molecule has 10 heteroatoms. The van der Waals surface area contributed by atoms with Crippen LogP contribution in [0, 0.1) is 0 Å². The highest BCUT2D eigenvalue weighted by atomic mass is 31.2. The smallest absolute Gasteiger partial charge is 0.354 e. The third-order valence-corrected chi connectivity index (χ3v) is 7.32. The summed E-state index contributed by atoms with van der Waals surface area (Å²) in [6.45, 7) is 2.69. The van der Waals surface area contributed by atoms with Crippen molar-refractivity contribution in [3.8, 4) is 5.75 Å². The van der Waals surface area contributed by atoms with Gasteiger partial charge in [0.25, 0.3) is 0 Å². The number of rotatable bonds is 8. The standard InChI is InChI=1S/C14H23NO7P2/c1-2-3-8-22-11-5-6-12-10(9-11)4-7-13(12)15-14(23(16,17)18)24(19,20)21/h5-6,9,13-15H,2-4,7-8H2,1H3,(H2,16,17,18)(H2,19,20,21). The fraction of sp³-hybridized carbons (Fsp3) is 0.571. The van der Waals surface area contributed by atoms with E-state index in [1.54, 1.807) is 12.1 Å². The number of benzene rings is 1. The van der Waals surface area contributed by atoms with Crippen molar-refractivity contribution in [1.82, 2.24) is 5.32 Å². The van der Waals surface area contributed by atoms with E-state index >= 15 is 0 Å². The van der Waals surface area contributed by atoms with Gasteiger partial charge in [-0.05, 0) is 42.5 Å². The molecule has 0 saturated carbocycles. The second-order valence-electron chi connectivity index (χ2n) is 5.87. The number of hydrogen-bond donors (Lipinski definition) is 5. The zero-order valence-electron chi connectivity index (χ0n) is 13.3.